The van der Waals surface area contributed by atoms with E-state index in [0.29, 0.717) is 0 Å². The van der Waals surface area contributed by atoms with Gasteiger partial charge < -0.3 is 10.1 Å². The average molecular weight is 288 g/mol. The van der Waals surface area contributed by atoms with Crippen LogP contribution in [0.25, 0.3) is 5.69 Å². The molecule has 1 atom stereocenters. The van der Waals surface area contributed by atoms with E-state index in [2.05, 4.69) is 42.5 Å². The van der Waals surface area contributed by atoms with Crippen molar-refractivity contribution in [1.82, 2.24) is 20.3 Å². The molecule has 1 N–H and O–H groups in total. The fourth-order valence-corrected chi connectivity index (χ4v) is 2.44. The standard InChI is InChI=1S/C16H24N4O/c1-6-9-17-12(3)16-13(4)20(19-18-16)14-7-8-15(21-5)11(2)10-14/h7-8,10,12,17H,6,9H2,1-5H3. The lowest BCUT2D eigenvalue weighted by Crippen LogP contribution is -2.20. The summed E-state index contributed by atoms with van der Waals surface area (Å²) in [7, 11) is 1.68. The second-order valence-corrected chi connectivity index (χ2v) is 5.30. The van der Waals surface area contributed by atoms with Crippen molar-refractivity contribution in [2.45, 2.75) is 40.2 Å². The maximum Gasteiger partial charge on any atom is 0.121 e. The number of rotatable bonds is 6. The first-order chi connectivity index (χ1) is 10.1. The van der Waals surface area contributed by atoms with Gasteiger partial charge in [-0.05, 0) is 57.5 Å². The number of hydrogen-bond donors (Lipinski definition) is 1. The van der Waals surface area contributed by atoms with E-state index in [1.165, 1.54) is 0 Å². The quantitative estimate of drug-likeness (QED) is 0.888. The highest BCUT2D eigenvalue weighted by atomic mass is 16.5. The maximum atomic E-state index is 5.30. The molecule has 5 nitrogen and oxygen atoms in total. The van der Waals surface area contributed by atoms with Crippen molar-refractivity contribution in [2.75, 3.05) is 13.7 Å². The van der Waals surface area contributed by atoms with Crippen LogP contribution in [0, 0.1) is 13.8 Å². The molecule has 21 heavy (non-hydrogen) atoms. The Kier molecular flexibility index (Phi) is 4.96. The summed E-state index contributed by atoms with van der Waals surface area (Å²) in [4.78, 5) is 0. The van der Waals surface area contributed by atoms with Gasteiger partial charge >= 0.3 is 0 Å². The first-order valence-electron chi connectivity index (χ1n) is 7.39. The van der Waals surface area contributed by atoms with Gasteiger partial charge in [-0.15, -0.1) is 5.10 Å². The number of ether oxygens (including phenoxy) is 1. The summed E-state index contributed by atoms with van der Waals surface area (Å²) in [6, 6.07) is 6.23. The van der Waals surface area contributed by atoms with Gasteiger partial charge in [0.15, 0.2) is 0 Å². The Balaban J connectivity index is 2.29. The van der Waals surface area contributed by atoms with E-state index in [9.17, 15) is 0 Å². The fourth-order valence-electron chi connectivity index (χ4n) is 2.44. The molecule has 2 rings (SSSR count). The minimum absolute atomic E-state index is 0.207. The van der Waals surface area contributed by atoms with Crippen molar-refractivity contribution in [3.05, 3.63) is 35.2 Å². The Labute approximate surface area is 126 Å². The summed E-state index contributed by atoms with van der Waals surface area (Å²) in [6.45, 7) is 9.34. The van der Waals surface area contributed by atoms with Crippen molar-refractivity contribution >= 4 is 0 Å². The number of methoxy groups -OCH3 is 1. The molecule has 5 heteroatoms. The predicted octanol–water partition coefficient (Wildman–Crippen LogP) is 2.95. The molecule has 0 radical (unpaired) electrons. The highest BCUT2D eigenvalue weighted by Crippen LogP contribution is 2.23. The molecule has 0 fully saturated rings. The van der Waals surface area contributed by atoms with Gasteiger partial charge in [-0.2, -0.15) is 0 Å². The first-order valence-corrected chi connectivity index (χ1v) is 7.39. The summed E-state index contributed by atoms with van der Waals surface area (Å²) in [6.07, 6.45) is 1.11. The van der Waals surface area contributed by atoms with Crippen LogP contribution in [0.5, 0.6) is 5.75 Å². The second kappa shape index (κ2) is 6.72. The van der Waals surface area contributed by atoms with E-state index in [-0.39, 0.29) is 6.04 Å². The van der Waals surface area contributed by atoms with Crippen molar-refractivity contribution in [2.24, 2.45) is 0 Å². The fraction of sp³-hybridized carbons (Fsp3) is 0.500. The summed E-state index contributed by atoms with van der Waals surface area (Å²) in [5, 5.41) is 12.1. The Hall–Kier alpha value is -1.88. The lowest BCUT2D eigenvalue weighted by Gasteiger charge is -2.12. The van der Waals surface area contributed by atoms with Crippen LogP contribution in [0.1, 0.15) is 43.3 Å². The lowest BCUT2D eigenvalue weighted by molar-refractivity contribution is 0.411. The van der Waals surface area contributed by atoms with Crippen molar-refractivity contribution in [1.29, 1.82) is 0 Å². The minimum atomic E-state index is 0.207. The number of hydrogen-bond acceptors (Lipinski definition) is 4. The largest absolute Gasteiger partial charge is 0.496 e. The van der Waals surface area contributed by atoms with E-state index >= 15 is 0 Å². The van der Waals surface area contributed by atoms with Crippen LogP contribution in [0.15, 0.2) is 18.2 Å². The van der Waals surface area contributed by atoms with Gasteiger partial charge in [0.2, 0.25) is 0 Å². The Morgan fingerprint density at radius 3 is 2.71 bits per heavy atom. The van der Waals surface area contributed by atoms with E-state index in [1.807, 2.05) is 23.7 Å². The number of aryl methyl sites for hydroxylation is 1. The highest BCUT2D eigenvalue weighted by Gasteiger charge is 2.16. The molecule has 0 bridgehead atoms. The van der Waals surface area contributed by atoms with Crippen molar-refractivity contribution in [3.63, 3.8) is 0 Å². The van der Waals surface area contributed by atoms with Gasteiger partial charge in [0.25, 0.3) is 0 Å². The number of benzene rings is 1. The molecule has 0 saturated heterocycles. The normalized spacial score (nSPS) is 12.4. The molecule has 1 heterocycles. The van der Waals surface area contributed by atoms with E-state index < -0.39 is 0 Å². The Bertz CT molecular complexity index is 606. The Morgan fingerprint density at radius 1 is 1.33 bits per heavy atom. The zero-order valence-corrected chi connectivity index (χ0v) is 13.5. The maximum absolute atomic E-state index is 5.30. The summed E-state index contributed by atoms with van der Waals surface area (Å²) in [5.74, 6) is 0.884. The van der Waals surface area contributed by atoms with Crippen LogP contribution in [0.4, 0.5) is 0 Å². The Morgan fingerprint density at radius 2 is 2.10 bits per heavy atom. The SMILES string of the molecule is CCCNC(C)c1nnn(-c2ccc(OC)c(C)c2)c1C. The topological polar surface area (TPSA) is 52.0 Å². The minimum Gasteiger partial charge on any atom is -0.496 e. The summed E-state index contributed by atoms with van der Waals surface area (Å²) in [5.41, 5.74) is 4.16. The monoisotopic (exact) mass is 288 g/mol. The number of nitrogens with zero attached hydrogens (tertiary/aromatic N) is 3. The molecule has 2 aromatic rings. The van der Waals surface area contributed by atoms with Crippen LogP contribution in [0.3, 0.4) is 0 Å². The molecule has 114 valence electrons. The first kappa shape index (κ1) is 15.5. The van der Waals surface area contributed by atoms with Crippen molar-refractivity contribution in [3.8, 4) is 11.4 Å². The molecular weight excluding hydrogens is 264 g/mol. The molecule has 1 aromatic heterocycles. The number of nitrogens with one attached hydrogen (secondary N) is 1. The molecule has 0 aliphatic rings. The third-order valence-electron chi connectivity index (χ3n) is 3.66. The number of aromatic nitrogens is 3. The van der Waals surface area contributed by atoms with Gasteiger partial charge in [-0.3, -0.25) is 0 Å². The van der Waals surface area contributed by atoms with Crippen molar-refractivity contribution < 1.29 is 4.74 Å². The van der Waals surface area contributed by atoms with E-state index in [0.717, 1.165) is 41.4 Å². The molecule has 0 aliphatic heterocycles. The highest BCUT2D eigenvalue weighted by molar-refractivity contribution is 5.44. The molecule has 0 saturated carbocycles. The van der Waals surface area contributed by atoms with Crippen LogP contribution < -0.4 is 10.1 Å². The smallest absolute Gasteiger partial charge is 0.121 e. The van der Waals surface area contributed by atoms with E-state index in [4.69, 9.17) is 4.74 Å². The van der Waals surface area contributed by atoms with Gasteiger partial charge in [0.05, 0.1) is 24.5 Å². The molecule has 1 unspecified atom stereocenters. The summed E-state index contributed by atoms with van der Waals surface area (Å²) >= 11 is 0. The van der Waals surface area contributed by atoms with Gasteiger partial charge in [-0.25, -0.2) is 4.68 Å². The molecular formula is C16H24N4O. The van der Waals surface area contributed by atoms with Crippen LogP contribution in [0.2, 0.25) is 0 Å². The van der Waals surface area contributed by atoms with Gasteiger partial charge in [0, 0.05) is 0 Å². The van der Waals surface area contributed by atoms with Crippen LogP contribution in [-0.2, 0) is 0 Å². The van der Waals surface area contributed by atoms with Crippen LogP contribution >= 0.6 is 0 Å². The summed E-state index contributed by atoms with van der Waals surface area (Å²) < 4.78 is 7.18. The zero-order valence-electron chi connectivity index (χ0n) is 13.5. The van der Waals surface area contributed by atoms with Crippen LogP contribution in [-0.4, -0.2) is 28.6 Å². The lowest BCUT2D eigenvalue weighted by atomic mass is 10.1. The molecule has 1 aromatic carbocycles. The average Bonchev–Trinajstić information content (AvgIpc) is 2.86. The molecule has 0 spiro atoms. The van der Waals surface area contributed by atoms with Gasteiger partial charge in [0.1, 0.15) is 11.4 Å². The second-order valence-electron chi connectivity index (χ2n) is 5.30. The third kappa shape index (κ3) is 3.24. The molecule has 0 amide bonds. The van der Waals surface area contributed by atoms with E-state index in [1.54, 1.807) is 7.11 Å². The third-order valence-corrected chi connectivity index (χ3v) is 3.66. The van der Waals surface area contributed by atoms with Gasteiger partial charge in [-0.1, -0.05) is 12.1 Å². The zero-order chi connectivity index (χ0) is 15.4. The predicted molar refractivity (Wildman–Crippen MR) is 84.1 cm³/mol. The molecule has 0 aliphatic carbocycles.